The van der Waals surface area contributed by atoms with Crippen LogP contribution in [0.5, 0.6) is 5.75 Å². The first kappa shape index (κ1) is 23.1. The maximum absolute atomic E-state index is 11.9. The number of carboxylic acid groups (broad SMARTS) is 1. The van der Waals surface area contributed by atoms with Gasteiger partial charge in [0.2, 0.25) is 0 Å². The maximum Gasteiger partial charge on any atom is 0.335 e. The number of hydrogen-bond acceptors (Lipinski definition) is 3. The van der Waals surface area contributed by atoms with Gasteiger partial charge < -0.3 is 15.2 Å². The topological polar surface area (TPSA) is 58.6 Å². The van der Waals surface area contributed by atoms with Crippen molar-refractivity contribution in [2.75, 3.05) is 6.54 Å². The van der Waals surface area contributed by atoms with Crippen molar-refractivity contribution in [3.8, 4) is 5.75 Å². The van der Waals surface area contributed by atoms with Crippen LogP contribution in [0, 0.1) is 0 Å². The normalized spacial score (nSPS) is 18.0. The van der Waals surface area contributed by atoms with Crippen LogP contribution in [0.4, 0.5) is 0 Å². The van der Waals surface area contributed by atoms with Gasteiger partial charge in [0, 0.05) is 24.1 Å². The summed E-state index contributed by atoms with van der Waals surface area (Å²) in [5.41, 5.74) is 4.68. The first-order chi connectivity index (χ1) is 17.0. The predicted molar refractivity (Wildman–Crippen MR) is 140 cm³/mol. The molecule has 3 atom stereocenters. The first-order valence-corrected chi connectivity index (χ1v) is 12.4. The number of carbonyl (C=O) groups is 1. The second kappa shape index (κ2) is 9.93. The van der Waals surface area contributed by atoms with Gasteiger partial charge in [-0.05, 0) is 59.4 Å². The Bertz CT molecular complexity index is 1360. The van der Waals surface area contributed by atoms with Crippen LogP contribution in [-0.4, -0.2) is 23.7 Å². The standard InChI is InChI=1S/C31H31NO3/c1-3-21-15-16-23(17-29(21)31(33)34)28-18-24(35-30-14-7-6-12-27(28)30)19-32-20(2)25-13-8-10-22-9-4-5-11-26(22)25/h4-17,20,24,28,32H,3,18-19H2,1-2H3,(H,33,34)/t20-,24?,28?/m1/s1. The van der Waals surface area contributed by atoms with Gasteiger partial charge in [0.1, 0.15) is 11.9 Å². The molecule has 0 saturated heterocycles. The molecule has 4 heteroatoms. The number of carboxylic acids is 1. The fourth-order valence-corrected chi connectivity index (χ4v) is 5.30. The SMILES string of the molecule is CCc1ccc(C2CC(CN[C@H](C)c3cccc4ccccc34)Oc3ccccc32)cc1C(=O)O. The minimum atomic E-state index is -0.869. The lowest BCUT2D eigenvalue weighted by Gasteiger charge is -2.33. The zero-order valence-corrected chi connectivity index (χ0v) is 20.2. The lowest BCUT2D eigenvalue weighted by Crippen LogP contribution is -2.37. The van der Waals surface area contributed by atoms with Gasteiger partial charge in [0.15, 0.2) is 0 Å². The maximum atomic E-state index is 11.9. The zero-order chi connectivity index (χ0) is 24.4. The second-order valence-electron chi connectivity index (χ2n) is 9.34. The number of nitrogens with one attached hydrogen (secondary N) is 1. The van der Waals surface area contributed by atoms with Crippen LogP contribution in [0.2, 0.25) is 0 Å². The Kier molecular flexibility index (Phi) is 6.56. The summed E-state index contributed by atoms with van der Waals surface area (Å²) in [6.07, 6.45) is 1.47. The summed E-state index contributed by atoms with van der Waals surface area (Å²) in [5.74, 6) is 0.0969. The van der Waals surface area contributed by atoms with Gasteiger partial charge in [-0.1, -0.05) is 79.7 Å². The van der Waals surface area contributed by atoms with Crippen molar-refractivity contribution >= 4 is 16.7 Å². The molecular formula is C31H31NO3. The van der Waals surface area contributed by atoms with E-state index in [1.807, 2.05) is 37.3 Å². The van der Waals surface area contributed by atoms with E-state index in [9.17, 15) is 9.90 Å². The molecule has 0 fully saturated rings. The number of rotatable bonds is 7. The number of hydrogen-bond donors (Lipinski definition) is 2. The van der Waals surface area contributed by atoms with Crippen molar-refractivity contribution in [2.45, 2.75) is 44.8 Å². The molecule has 0 saturated carbocycles. The van der Waals surface area contributed by atoms with Crippen LogP contribution < -0.4 is 10.1 Å². The molecule has 0 aliphatic carbocycles. The molecule has 1 heterocycles. The van der Waals surface area contributed by atoms with E-state index in [0.717, 1.165) is 28.9 Å². The van der Waals surface area contributed by atoms with Gasteiger partial charge in [-0.25, -0.2) is 4.79 Å². The van der Waals surface area contributed by atoms with Crippen molar-refractivity contribution in [3.05, 3.63) is 113 Å². The van der Waals surface area contributed by atoms with Crippen LogP contribution in [-0.2, 0) is 6.42 Å². The summed E-state index contributed by atoms with van der Waals surface area (Å²) in [6, 6.07) is 29.1. The van der Waals surface area contributed by atoms with Gasteiger partial charge in [0.25, 0.3) is 0 Å². The largest absolute Gasteiger partial charge is 0.489 e. The zero-order valence-electron chi connectivity index (χ0n) is 20.2. The quantitative estimate of drug-likeness (QED) is 0.318. The Balaban J connectivity index is 1.39. The van der Waals surface area contributed by atoms with Crippen LogP contribution >= 0.6 is 0 Å². The Morgan fingerprint density at radius 2 is 1.80 bits per heavy atom. The van der Waals surface area contributed by atoms with Gasteiger partial charge in [-0.15, -0.1) is 0 Å². The smallest absolute Gasteiger partial charge is 0.335 e. The molecule has 0 spiro atoms. The number of aryl methyl sites for hydroxylation is 1. The van der Waals surface area contributed by atoms with Gasteiger partial charge >= 0.3 is 5.97 Å². The lowest BCUT2D eigenvalue weighted by molar-refractivity contribution is 0.0695. The molecule has 4 aromatic rings. The highest BCUT2D eigenvalue weighted by Gasteiger charge is 2.30. The average molecular weight is 466 g/mol. The molecule has 0 radical (unpaired) electrons. The number of para-hydroxylation sites is 1. The summed E-state index contributed by atoms with van der Waals surface area (Å²) in [4.78, 5) is 11.9. The third kappa shape index (κ3) is 4.67. The highest BCUT2D eigenvalue weighted by atomic mass is 16.5. The average Bonchev–Trinajstić information content (AvgIpc) is 2.90. The Labute approximate surface area is 206 Å². The predicted octanol–water partition coefficient (Wildman–Crippen LogP) is 6.73. The number of aromatic carboxylic acids is 1. The van der Waals surface area contributed by atoms with E-state index in [1.165, 1.54) is 16.3 Å². The third-order valence-electron chi connectivity index (χ3n) is 7.18. The van der Waals surface area contributed by atoms with Gasteiger partial charge in [0.05, 0.1) is 5.56 Å². The van der Waals surface area contributed by atoms with Crippen LogP contribution in [0.3, 0.4) is 0 Å². The molecule has 4 nitrogen and oxygen atoms in total. The fraction of sp³-hybridized carbons (Fsp3) is 0.258. The third-order valence-corrected chi connectivity index (χ3v) is 7.18. The molecule has 5 rings (SSSR count). The Hall–Kier alpha value is -3.63. The minimum absolute atomic E-state index is 0.0218. The van der Waals surface area contributed by atoms with Crippen molar-refractivity contribution in [2.24, 2.45) is 0 Å². The minimum Gasteiger partial charge on any atom is -0.489 e. The summed E-state index contributed by atoms with van der Waals surface area (Å²) in [5, 5.41) is 16.0. The number of benzene rings is 4. The lowest BCUT2D eigenvalue weighted by atomic mass is 9.82. The van der Waals surface area contributed by atoms with Crippen LogP contribution in [0.15, 0.2) is 84.9 Å². The number of fused-ring (bicyclic) bond motifs is 2. The fourth-order valence-electron chi connectivity index (χ4n) is 5.30. The van der Waals surface area contributed by atoms with E-state index in [2.05, 4.69) is 66.8 Å². The molecule has 1 aliphatic rings. The molecular weight excluding hydrogens is 434 g/mol. The second-order valence-corrected chi connectivity index (χ2v) is 9.34. The molecule has 0 amide bonds. The number of ether oxygens (including phenoxy) is 1. The molecule has 178 valence electrons. The molecule has 4 aromatic carbocycles. The van der Waals surface area contributed by atoms with Crippen molar-refractivity contribution in [1.29, 1.82) is 0 Å². The van der Waals surface area contributed by atoms with E-state index in [1.54, 1.807) is 0 Å². The van der Waals surface area contributed by atoms with E-state index in [0.29, 0.717) is 18.5 Å². The van der Waals surface area contributed by atoms with Crippen molar-refractivity contribution < 1.29 is 14.6 Å². The van der Waals surface area contributed by atoms with Crippen LogP contribution in [0.25, 0.3) is 10.8 Å². The molecule has 0 bridgehead atoms. The van der Waals surface area contributed by atoms with Gasteiger partial charge in [-0.3, -0.25) is 0 Å². The van der Waals surface area contributed by atoms with E-state index in [-0.39, 0.29) is 18.1 Å². The summed E-state index contributed by atoms with van der Waals surface area (Å²) in [6.45, 7) is 4.89. The highest BCUT2D eigenvalue weighted by molar-refractivity contribution is 5.89. The first-order valence-electron chi connectivity index (χ1n) is 12.4. The Morgan fingerprint density at radius 1 is 1.03 bits per heavy atom. The van der Waals surface area contributed by atoms with Crippen molar-refractivity contribution in [1.82, 2.24) is 5.32 Å². The summed E-state index contributed by atoms with van der Waals surface area (Å²) < 4.78 is 6.40. The van der Waals surface area contributed by atoms with E-state index < -0.39 is 5.97 Å². The molecule has 1 aliphatic heterocycles. The molecule has 0 aromatic heterocycles. The monoisotopic (exact) mass is 465 g/mol. The molecule has 2 unspecified atom stereocenters. The molecule has 2 N–H and O–H groups in total. The van der Waals surface area contributed by atoms with Crippen LogP contribution in [0.1, 0.15) is 64.8 Å². The van der Waals surface area contributed by atoms with E-state index in [4.69, 9.17) is 4.74 Å². The Morgan fingerprint density at radius 3 is 2.63 bits per heavy atom. The van der Waals surface area contributed by atoms with E-state index >= 15 is 0 Å². The van der Waals surface area contributed by atoms with Crippen molar-refractivity contribution in [3.63, 3.8) is 0 Å². The molecule has 35 heavy (non-hydrogen) atoms. The summed E-state index contributed by atoms with van der Waals surface area (Å²) in [7, 11) is 0. The summed E-state index contributed by atoms with van der Waals surface area (Å²) >= 11 is 0. The highest BCUT2D eigenvalue weighted by Crippen LogP contribution is 2.41. The van der Waals surface area contributed by atoms with Gasteiger partial charge in [-0.2, -0.15) is 0 Å².